The minimum atomic E-state index is -0.473. The fourth-order valence-corrected chi connectivity index (χ4v) is 5.40. The van der Waals surface area contributed by atoms with Crippen LogP contribution in [0.2, 0.25) is 5.02 Å². The smallest absolute Gasteiger partial charge is 0.272 e. The predicted octanol–water partition coefficient (Wildman–Crippen LogP) is 7.66. The lowest BCUT2D eigenvalue weighted by Crippen LogP contribution is -2.30. The topological polar surface area (TPSA) is 103 Å². The molecular weight excluding hydrogens is 580 g/mol. The predicted molar refractivity (Wildman–Crippen MR) is 175 cm³/mol. The third-order valence-electron chi connectivity index (χ3n) is 6.77. The van der Waals surface area contributed by atoms with Gasteiger partial charge in [-0.1, -0.05) is 54.1 Å². The summed E-state index contributed by atoms with van der Waals surface area (Å²) in [6, 6.07) is 29.0. The normalized spacial score (nSPS) is 12.0. The number of benzene rings is 4. The molecule has 1 unspecified atom stereocenters. The standard InChI is InChI=1S/C34H29ClN4O3S/c1-21-28(35)12-8-14-29(21)38-32(40)22(2)43-26-17-15-25(16-18-26)37-34(42)31(39-33(41)23-9-4-3-5-10-23)19-24-20-36-30-13-7-6-11-27(24)30/h3-20,22,36H,1-2H3,(H,37,42)(H,38,40)(H,39,41)/b31-19-. The van der Waals surface area contributed by atoms with E-state index in [4.69, 9.17) is 11.6 Å². The maximum atomic E-state index is 13.4. The highest BCUT2D eigenvalue weighted by Crippen LogP contribution is 2.28. The Hall–Kier alpha value is -4.79. The van der Waals surface area contributed by atoms with E-state index >= 15 is 0 Å². The van der Waals surface area contributed by atoms with E-state index in [0.717, 1.165) is 26.9 Å². The number of para-hydroxylation sites is 1. The summed E-state index contributed by atoms with van der Waals surface area (Å²) in [6.45, 7) is 3.68. The first-order chi connectivity index (χ1) is 20.8. The van der Waals surface area contributed by atoms with E-state index in [1.165, 1.54) is 11.8 Å². The molecule has 0 fully saturated rings. The van der Waals surface area contributed by atoms with Gasteiger partial charge in [0.2, 0.25) is 5.91 Å². The molecule has 4 aromatic carbocycles. The lowest BCUT2D eigenvalue weighted by molar-refractivity contribution is -0.115. The maximum absolute atomic E-state index is 13.4. The SMILES string of the molecule is Cc1c(Cl)cccc1NC(=O)C(C)Sc1ccc(NC(=O)/C(=C/c2c[nH]c3ccccc23)NC(=O)c2ccccc2)cc1. The van der Waals surface area contributed by atoms with Crippen LogP contribution in [0.3, 0.4) is 0 Å². The number of thioether (sulfide) groups is 1. The molecule has 3 amide bonds. The van der Waals surface area contributed by atoms with Crippen molar-refractivity contribution in [3.63, 3.8) is 0 Å². The van der Waals surface area contributed by atoms with E-state index in [0.29, 0.717) is 22.0 Å². The van der Waals surface area contributed by atoms with Crippen LogP contribution in [0.4, 0.5) is 11.4 Å². The number of hydrogen-bond acceptors (Lipinski definition) is 4. The molecule has 0 spiro atoms. The Bertz CT molecular complexity index is 1820. The van der Waals surface area contributed by atoms with E-state index in [1.54, 1.807) is 60.8 Å². The number of rotatable bonds is 9. The lowest BCUT2D eigenvalue weighted by atomic mass is 10.1. The van der Waals surface area contributed by atoms with E-state index in [9.17, 15) is 14.4 Å². The lowest BCUT2D eigenvalue weighted by Gasteiger charge is -2.15. The highest BCUT2D eigenvalue weighted by Gasteiger charge is 2.18. The monoisotopic (exact) mass is 608 g/mol. The summed E-state index contributed by atoms with van der Waals surface area (Å²) in [5.74, 6) is -1.01. The molecule has 4 N–H and O–H groups in total. The van der Waals surface area contributed by atoms with E-state index < -0.39 is 11.8 Å². The molecule has 0 bridgehead atoms. The molecule has 5 aromatic rings. The Morgan fingerprint density at radius 1 is 0.860 bits per heavy atom. The number of anilines is 2. The zero-order chi connectivity index (χ0) is 30.3. The van der Waals surface area contributed by atoms with Crippen molar-refractivity contribution < 1.29 is 14.4 Å². The first-order valence-corrected chi connectivity index (χ1v) is 14.8. The Morgan fingerprint density at radius 2 is 1.58 bits per heavy atom. The van der Waals surface area contributed by atoms with Crippen LogP contribution in [0.5, 0.6) is 0 Å². The quantitative estimate of drug-likeness (QED) is 0.102. The van der Waals surface area contributed by atoms with E-state index in [2.05, 4.69) is 20.9 Å². The largest absolute Gasteiger partial charge is 0.361 e. The number of fused-ring (bicyclic) bond motifs is 1. The van der Waals surface area contributed by atoms with Gasteiger partial charge in [0.25, 0.3) is 11.8 Å². The van der Waals surface area contributed by atoms with Crippen molar-refractivity contribution in [1.29, 1.82) is 0 Å². The van der Waals surface area contributed by atoms with Crippen LogP contribution < -0.4 is 16.0 Å². The molecule has 0 saturated heterocycles. The van der Waals surface area contributed by atoms with Crippen molar-refractivity contribution >= 4 is 69.4 Å². The van der Waals surface area contributed by atoms with Crippen molar-refractivity contribution in [2.24, 2.45) is 0 Å². The molecule has 9 heteroatoms. The fourth-order valence-electron chi connectivity index (χ4n) is 4.36. The van der Waals surface area contributed by atoms with Crippen molar-refractivity contribution in [1.82, 2.24) is 10.3 Å². The number of hydrogen-bond donors (Lipinski definition) is 4. The van der Waals surface area contributed by atoms with Crippen LogP contribution in [-0.2, 0) is 9.59 Å². The Balaban J connectivity index is 1.29. The molecular formula is C34H29ClN4O3S. The first-order valence-electron chi connectivity index (χ1n) is 13.6. The number of aromatic amines is 1. The molecule has 0 aliphatic heterocycles. The van der Waals surface area contributed by atoms with Crippen molar-refractivity contribution in [3.8, 4) is 0 Å². The molecule has 216 valence electrons. The van der Waals surface area contributed by atoms with Crippen LogP contribution in [0.15, 0.2) is 114 Å². The zero-order valence-corrected chi connectivity index (χ0v) is 25.1. The number of halogens is 1. The molecule has 1 aromatic heterocycles. The van der Waals surface area contributed by atoms with Gasteiger partial charge in [-0.2, -0.15) is 0 Å². The van der Waals surface area contributed by atoms with Crippen LogP contribution in [0.1, 0.15) is 28.4 Å². The molecule has 43 heavy (non-hydrogen) atoms. The van der Waals surface area contributed by atoms with Gasteiger partial charge in [-0.15, -0.1) is 11.8 Å². The van der Waals surface area contributed by atoms with Crippen molar-refractivity contribution in [2.45, 2.75) is 24.0 Å². The summed E-state index contributed by atoms with van der Waals surface area (Å²) in [7, 11) is 0. The Kier molecular flexibility index (Phi) is 9.29. The average molecular weight is 609 g/mol. The van der Waals surface area contributed by atoms with Gasteiger partial charge >= 0.3 is 0 Å². The number of aromatic nitrogens is 1. The summed E-state index contributed by atoms with van der Waals surface area (Å²) in [5.41, 5.74) is 4.25. The van der Waals surface area contributed by atoms with Crippen LogP contribution in [-0.4, -0.2) is 28.0 Å². The molecule has 0 saturated carbocycles. The maximum Gasteiger partial charge on any atom is 0.272 e. The molecule has 5 rings (SSSR count). The minimum absolute atomic E-state index is 0.0960. The molecule has 0 radical (unpaired) electrons. The summed E-state index contributed by atoms with van der Waals surface area (Å²) in [5, 5.41) is 9.72. The highest BCUT2D eigenvalue weighted by molar-refractivity contribution is 8.00. The second-order valence-corrected chi connectivity index (χ2v) is 11.6. The van der Waals surface area contributed by atoms with Gasteiger partial charge < -0.3 is 20.9 Å². The Morgan fingerprint density at radius 3 is 2.35 bits per heavy atom. The zero-order valence-electron chi connectivity index (χ0n) is 23.5. The van der Waals surface area contributed by atoms with E-state index in [-0.39, 0.29) is 16.9 Å². The molecule has 1 atom stereocenters. The number of amides is 3. The molecule has 0 aliphatic rings. The summed E-state index contributed by atoms with van der Waals surface area (Å²) < 4.78 is 0. The second-order valence-electron chi connectivity index (χ2n) is 9.81. The van der Waals surface area contributed by atoms with Crippen LogP contribution in [0, 0.1) is 6.92 Å². The van der Waals surface area contributed by atoms with Gasteiger partial charge in [0.1, 0.15) is 5.70 Å². The molecule has 1 heterocycles. The highest BCUT2D eigenvalue weighted by atomic mass is 35.5. The summed E-state index contributed by atoms with van der Waals surface area (Å²) >= 11 is 7.57. The van der Waals surface area contributed by atoms with Crippen molar-refractivity contribution in [2.75, 3.05) is 10.6 Å². The van der Waals surface area contributed by atoms with Gasteiger partial charge in [-0.25, -0.2) is 0 Å². The fraction of sp³-hybridized carbons (Fsp3) is 0.0882. The van der Waals surface area contributed by atoms with Gasteiger partial charge in [0, 0.05) is 49.5 Å². The number of carbonyl (C=O) groups is 3. The van der Waals surface area contributed by atoms with Gasteiger partial charge in [0.15, 0.2) is 0 Å². The van der Waals surface area contributed by atoms with Crippen molar-refractivity contribution in [3.05, 3.63) is 131 Å². The first kappa shape index (κ1) is 29.7. The van der Waals surface area contributed by atoms with Crippen LogP contribution >= 0.6 is 23.4 Å². The second kappa shape index (κ2) is 13.5. The number of H-pyrrole nitrogens is 1. The van der Waals surface area contributed by atoms with Gasteiger partial charge in [0.05, 0.1) is 5.25 Å². The summed E-state index contributed by atoms with van der Waals surface area (Å²) in [4.78, 5) is 43.3. The third kappa shape index (κ3) is 7.35. The van der Waals surface area contributed by atoms with E-state index in [1.807, 2.05) is 62.4 Å². The average Bonchev–Trinajstić information content (AvgIpc) is 3.43. The van der Waals surface area contributed by atoms with Gasteiger partial charge in [-0.3, -0.25) is 14.4 Å². The molecule has 7 nitrogen and oxygen atoms in total. The Labute approximate surface area is 258 Å². The number of nitrogens with one attached hydrogen (secondary N) is 4. The number of carbonyl (C=O) groups excluding carboxylic acids is 3. The minimum Gasteiger partial charge on any atom is -0.361 e. The van der Waals surface area contributed by atoms with Gasteiger partial charge in [-0.05, 0) is 80.1 Å². The summed E-state index contributed by atoms with van der Waals surface area (Å²) in [6.07, 6.45) is 3.45. The van der Waals surface area contributed by atoms with Crippen LogP contribution in [0.25, 0.3) is 17.0 Å². The third-order valence-corrected chi connectivity index (χ3v) is 8.29. The molecule has 0 aliphatic carbocycles.